The molecule has 9 nitrogen and oxygen atoms in total. The Kier molecular flexibility index (Phi) is 8.64. The van der Waals surface area contributed by atoms with Crippen molar-refractivity contribution in [2.75, 3.05) is 24.7 Å². The lowest BCUT2D eigenvalue weighted by Gasteiger charge is -2.35. The zero-order chi connectivity index (χ0) is 24.9. The minimum absolute atomic E-state index is 0.0541. The van der Waals surface area contributed by atoms with Crippen LogP contribution in [0.3, 0.4) is 0 Å². The van der Waals surface area contributed by atoms with Gasteiger partial charge in [0.1, 0.15) is 11.5 Å². The molecule has 1 aliphatic heterocycles. The van der Waals surface area contributed by atoms with Crippen LogP contribution < -0.4 is 4.80 Å². The highest BCUT2D eigenvalue weighted by Gasteiger charge is 2.29. The standard InChI is InChI=1S/C23H31N3O6S2/c1-4-17-9-7-8-12-26(17)21(28)15-34(30,31)14-20(27)24-23-25(5-2)18-11-10-16(13-19(18)33-23)22(29)32-6-3/h10-11,13,17H,4-9,12,14-15H2,1-3H3. The molecule has 1 atom stereocenters. The number of fused-ring (bicyclic) bond motifs is 1. The van der Waals surface area contributed by atoms with Crippen molar-refractivity contribution < 1.29 is 27.5 Å². The van der Waals surface area contributed by atoms with Crippen molar-refractivity contribution in [1.82, 2.24) is 9.47 Å². The van der Waals surface area contributed by atoms with Crippen molar-refractivity contribution in [2.24, 2.45) is 4.99 Å². The molecule has 2 heterocycles. The summed E-state index contributed by atoms with van der Waals surface area (Å²) in [7, 11) is -3.96. The number of thiazole rings is 1. The number of hydrogen-bond donors (Lipinski definition) is 0. The van der Waals surface area contributed by atoms with Gasteiger partial charge in [0.2, 0.25) is 5.91 Å². The molecule has 1 aliphatic rings. The normalized spacial score (nSPS) is 17.2. The van der Waals surface area contributed by atoms with Crippen LogP contribution in [0.2, 0.25) is 0 Å². The van der Waals surface area contributed by atoms with Gasteiger partial charge >= 0.3 is 5.97 Å². The van der Waals surface area contributed by atoms with E-state index in [1.165, 1.54) is 11.3 Å². The monoisotopic (exact) mass is 509 g/mol. The molecule has 1 fully saturated rings. The average molecular weight is 510 g/mol. The highest BCUT2D eigenvalue weighted by Crippen LogP contribution is 2.21. The lowest BCUT2D eigenvalue weighted by Crippen LogP contribution is -2.46. The summed E-state index contributed by atoms with van der Waals surface area (Å²) in [6.45, 7) is 6.91. The zero-order valence-electron chi connectivity index (χ0n) is 19.8. The Hall–Kier alpha value is -2.53. The van der Waals surface area contributed by atoms with Gasteiger partial charge in [0.05, 0.1) is 22.4 Å². The third-order valence-corrected chi connectivity index (χ3v) is 8.25. The predicted molar refractivity (Wildman–Crippen MR) is 130 cm³/mol. The number of aryl methyl sites for hydroxylation is 1. The molecule has 34 heavy (non-hydrogen) atoms. The minimum atomic E-state index is -3.96. The van der Waals surface area contributed by atoms with Gasteiger partial charge in [0.25, 0.3) is 5.91 Å². The third-order valence-electron chi connectivity index (χ3n) is 5.84. The van der Waals surface area contributed by atoms with E-state index in [2.05, 4.69) is 4.99 Å². The summed E-state index contributed by atoms with van der Waals surface area (Å²) in [5.74, 6) is -3.22. The Morgan fingerprint density at radius 2 is 1.91 bits per heavy atom. The van der Waals surface area contributed by atoms with Crippen molar-refractivity contribution in [1.29, 1.82) is 0 Å². The maximum atomic E-state index is 12.6. The fourth-order valence-corrected chi connectivity index (χ4v) is 6.44. The number of hydrogen-bond acceptors (Lipinski definition) is 7. The zero-order valence-corrected chi connectivity index (χ0v) is 21.4. The molecule has 0 radical (unpaired) electrons. The molecule has 0 N–H and O–H groups in total. The van der Waals surface area contributed by atoms with Crippen LogP contribution in [0.1, 0.15) is 56.8 Å². The van der Waals surface area contributed by atoms with Crippen LogP contribution in [0.25, 0.3) is 10.2 Å². The number of likely N-dealkylation sites (tertiary alicyclic amines) is 1. The molecule has 0 spiro atoms. The van der Waals surface area contributed by atoms with Crippen LogP contribution in [0, 0.1) is 0 Å². The van der Waals surface area contributed by atoms with E-state index < -0.39 is 39.1 Å². The molecule has 2 amide bonds. The molecule has 1 aromatic heterocycles. The fourth-order valence-electron chi connectivity index (χ4n) is 4.21. The first-order chi connectivity index (χ1) is 16.2. The van der Waals surface area contributed by atoms with E-state index in [0.29, 0.717) is 23.5 Å². The van der Waals surface area contributed by atoms with Crippen LogP contribution in [-0.2, 0) is 30.7 Å². The number of rotatable bonds is 8. The van der Waals surface area contributed by atoms with Crippen molar-refractivity contribution >= 4 is 49.2 Å². The minimum Gasteiger partial charge on any atom is -0.462 e. The topological polar surface area (TPSA) is 115 Å². The van der Waals surface area contributed by atoms with Gasteiger partial charge in [-0.05, 0) is 57.7 Å². The number of amides is 2. The molecule has 2 aromatic rings. The number of esters is 1. The number of benzene rings is 1. The van der Waals surface area contributed by atoms with E-state index in [1.54, 1.807) is 34.6 Å². The summed E-state index contributed by atoms with van der Waals surface area (Å²) in [5, 5.41) is 0. The first kappa shape index (κ1) is 26.1. The number of piperidine rings is 1. The van der Waals surface area contributed by atoms with E-state index in [1.807, 2.05) is 13.8 Å². The number of carbonyl (C=O) groups is 3. The Labute approximate surface area is 203 Å². The summed E-state index contributed by atoms with van der Waals surface area (Å²) in [5.41, 5.74) is 1.17. The van der Waals surface area contributed by atoms with Gasteiger partial charge in [-0.15, -0.1) is 0 Å². The molecule has 186 valence electrons. The second-order valence-electron chi connectivity index (χ2n) is 8.21. The maximum absolute atomic E-state index is 12.6. The molecule has 0 saturated carbocycles. The summed E-state index contributed by atoms with van der Waals surface area (Å²) >= 11 is 1.19. The van der Waals surface area contributed by atoms with Gasteiger partial charge in [0.15, 0.2) is 14.6 Å². The van der Waals surface area contributed by atoms with E-state index in [-0.39, 0.29) is 12.6 Å². The van der Waals surface area contributed by atoms with Crippen LogP contribution >= 0.6 is 11.3 Å². The molecule has 0 aliphatic carbocycles. The highest BCUT2D eigenvalue weighted by atomic mass is 32.2. The van der Waals surface area contributed by atoms with Crippen LogP contribution in [-0.4, -0.2) is 66.4 Å². The number of nitrogens with zero attached hydrogens (tertiary/aromatic N) is 3. The SMILES string of the molecule is CCOC(=O)c1ccc2c(c1)sc(=NC(=O)CS(=O)(=O)CC(=O)N1CCCCC1CC)n2CC. The van der Waals surface area contributed by atoms with Gasteiger partial charge in [-0.25, -0.2) is 13.2 Å². The Bertz CT molecular complexity index is 1250. The maximum Gasteiger partial charge on any atom is 0.338 e. The number of aromatic nitrogens is 1. The van der Waals surface area contributed by atoms with Crippen LogP contribution in [0.4, 0.5) is 0 Å². The van der Waals surface area contributed by atoms with E-state index in [4.69, 9.17) is 4.74 Å². The number of ether oxygens (including phenoxy) is 1. The summed E-state index contributed by atoms with van der Waals surface area (Å²) in [4.78, 5) is 43.2. The lowest BCUT2D eigenvalue weighted by atomic mass is 10.0. The van der Waals surface area contributed by atoms with Crippen LogP contribution in [0.5, 0.6) is 0 Å². The molecule has 11 heteroatoms. The third kappa shape index (κ3) is 6.12. The largest absolute Gasteiger partial charge is 0.462 e. The van der Waals surface area contributed by atoms with E-state index in [0.717, 1.165) is 35.9 Å². The quantitative estimate of drug-likeness (QED) is 0.505. The van der Waals surface area contributed by atoms with Crippen molar-refractivity contribution in [3.63, 3.8) is 0 Å². The lowest BCUT2D eigenvalue weighted by molar-refractivity contribution is -0.132. The van der Waals surface area contributed by atoms with E-state index in [9.17, 15) is 22.8 Å². The molecule has 1 saturated heterocycles. The van der Waals surface area contributed by atoms with Crippen molar-refractivity contribution in [3.05, 3.63) is 28.6 Å². The summed E-state index contributed by atoms with van der Waals surface area (Å²) in [6, 6.07) is 5.12. The number of carbonyl (C=O) groups excluding carboxylic acids is 3. The van der Waals surface area contributed by atoms with Crippen molar-refractivity contribution in [3.8, 4) is 0 Å². The molecule has 3 rings (SSSR count). The second kappa shape index (κ2) is 11.3. The number of sulfone groups is 1. The first-order valence-corrected chi connectivity index (χ1v) is 14.2. The van der Waals surface area contributed by atoms with Crippen molar-refractivity contribution in [2.45, 2.75) is 59.0 Å². The Balaban J connectivity index is 1.79. The van der Waals surface area contributed by atoms with Gasteiger partial charge in [-0.1, -0.05) is 18.3 Å². The van der Waals surface area contributed by atoms with Gasteiger partial charge < -0.3 is 14.2 Å². The molecular weight excluding hydrogens is 478 g/mol. The Morgan fingerprint density at radius 3 is 2.59 bits per heavy atom. The highest BCUT2D eigenvalue weighted by molar-refractivity contribution is 7.92. The predicted octanol–water partition coefficient (Wildman–Crippen LogP) is 2.53. The summed E-state index contributed by atoms with van der Waals surface area (Å²) in [6.07, 6.45) is 3.54. The summed E-state index contributed by atoms with van der Waals surface area (Å²) < 4.78 is 32.8. The molecular formula is C23H31N3O6S2. The fraction of sp³-hybridized carbons (Fsp3) is 0.565. The van der Waals surface area contributed by atoms with E-state index >= 15 is 0 Å². The molecule has 1 unspecified atom stereocenters. The second-order valence-corrected chi connectivity index (χ2v) is 11.3. The molecule has 0 bridgehead atoms. The average Bonchev–Trinajstić information content (AvgIpc) is 3.14. The van der Waals surface area contributed by atoms with Gasteiger partial charge in [-0.2, -0.15) is 4.99 Å². The van der Waals surface area contributed by atoms with Gasteiger partial charge in [0, 0.05) is 19.1 Å². The smallest absolute Gasteiger partial charge is 0.338 e. The Morgan fingerprint density at radius 1 is 1.15 bits per heavy atom. The van der Waals surface area contributed by atoms with Gasteiger partial charge in [-0.3, -0.25) is 9.59 Å². The first-order valence-electron chi connectivity index (χ1n) is 11.6. The van der Waals surface area contributed by atoms with Crippen LogP contribution in [0.15, 0.2) is 23.2 Å². The molecule has 1 aromatic carbocycles.